The van der Waals surface area contributed by atoms with Crippen molar-refractivity contribution < 1.29 is 0 Å². The van der Waals surface area contributed by atoms with E-state index in [1.165, 1.54) is 38.2 Å². The Hall–Kier alpha value is -2.91. The summed E-state index contributed by atoms with van der Waals surface area (Å²) in [5.41, 5.74) is 14.4. The van der Waals surface area contributed by atoms with Gasteiger partial charge in [0.05, 0.1) is 11.0 Å². The second-order valence-corrected chi connectivity index (χ2v) is 12.2. The zero-order valence-corrected chi connectivity index (χ0v) is 22.2. The predicted molar refractivity (Wildman–Crippen MR) is 149 cm³/mol. The van der Waals surface area contributed by atoms with Gasteiger partial charge in [-0.25, -0.2) is 4.98 Å². The second-order valence-electron chi connectivity index (χ2n) is 12.2. The molecule has 0 fully saturated rings. The summed E-state index contributed by atoms with van der Waals surface area (Å²) >= 11 is 0. The summed E-state index contributed by atoms with van der Waals surface area (Å²) in [4.78, 5) is 5.30. The van der Waals surface area contributed by atoms with Crippen LogP contribution in [0.5, 0.6) is 0 Å². The van der Waals surface area contributed by atoms with Crippen LogP contribution in [0.4, 0.5) is 0 Å². The molecule has 0 spiro atoms. The van der Waals surface area contributed by atoms with Gasteiger partial charge in [-0.3, -0.25) is 4.40 Å². The lowest BCUT2D eigenvalue weighted by Gasteiger charge is -2.44. The maximum atomic E-state index is 6.86. The predicted octanol–water partition coefficient (Wildman–Crippen LogP) is 8.19. The van der Waals surface area contributed by atoms with Gasteiger partial charge >= 0.3 is 0 Å². The first-order valence-electron chi connectivity index (χ1n) is 13.1. The molecule has 2 aromatic heterocycles. The maximum Gasteiger partial charge on any atom is 0.146 e. The van der Waals surface area contributed by atoms with E-state index in [4.69, 9.17) is 10.7 Å². The number of benzene rings is 3. The number of nitrogens with two attached hydrogens (primary N) is 1. The Kier molecular flexibility index (Phi) is 4.56. The second kappa shape index (κ2) is 7.07. The fourth-order valence-electron chi connectivity index (χ4n) is 6.64. The van der Waals surface area contributed by atoms with Crippen LogP contribution in [0.3, 0.4) is 0 Å². The van der Waals surface area contributed by atoms with E-state index in [1.54, 1.807) is 0 Å². The molecule has 3 nitrogen and oxygen atoms in total. The van der Waals surface area contributed by atoms with Crippen molar-refractivity contribution in [2.75, 3.05) is 0 Å². The van der Waals surface area contributed by atoms with Crippen LogP contribution in [0.1, 0.15) is 84.2 Å². The van der Waals surface area contributed by atoms with Crippen molar-refractivity contribution in [3.8, 4) is 0 Å². The topological polar surface area (TPSA) is 43.3 Å². The molecule has 1 atom stereocenters. The third kappa shape index (κ3) is 2.73. The van der Waals surface area contributed by atoms with Crippen molar-refractivity contribution in [1.82, 2.24) is 9.38 Å². The lowest BCUT2D eigenvalue weighted by molar-refractivity contribution is 0.125. The monoisotopic (exact) mass is 463 g/mol. The van der Waals surface area contributed by atoms with Crippen molar-refractivity contribution in [1.29, 1.82) is 0 Å². The number of pyridine rings is 1. The molecule has 180 valence electrons. The number of aromatic nitrogens is 2. The number of rotatable bonds is 3. The van der Waals surface area contributed by atoms with Gasteiger partial charge in [0.15, 0.2) is 0 Å². The van der Waals surface area contributed by atoms with Gasteiger partial charge in [-0.15, -0.1) is 0 Å². The molecule has 3 aromatic carbocycles. The van der Waals surface area contributed by atoms with Gasteiger partial charge in [-0.1, -0.05) is 85.2 Å². The summed E-state index contributed by atoms with van der Waals surface area (Å²) in [5, 5.41) is 4.93. The summed E-state index contributed by atoms with van der Waals surface area (Å²) in [5.74, 6) is 0. The summed E-state index contributed by atoms with van der Waals surface area (Å²) < 4.78 is 2.36. The fourth-order valence-corrected chi connectivity index (χ4v) is 6.64. The molecule has 0 aliphatic heterocycles. The highest BCUT2D eigenvalue weighted by atomic mass is 15.0. The van der Waals surface area contributed by atoms with Gasteiger partial charge < -0.3 is 5.73 Å². The van der Waals surface area contributed by atoms with E-state index < -0.39 is 0 Å². The normalized spacial score (nSPS) is 19.1. The molecular formula is C32H37N3. The summed E-state index contributed by atoms with van der Waals surface area (Å²) in [7, 11) is 0. The molecule has 1 unspecified atom stereocenters. The number of fused-ring (bicyclic) bond motifs is 8. The first-order chi connectivity index (χ1) is 16.5. The Morgan fingerprint density at radius 1 is 0.829 bits per heavy atom. The average molecular weight is 464 g/mol. The Balaban J connectivity index is 1.78. The van der Waals surface area contributed by atoms with E-state index in [9.17, 15) is 0 Å². The fraction of sp³-hybridized carbons (Fsp3) is 0.406. The molecule has 0 amide bonds. The van der Waals surface area contributed by atoms with Crippen molar-refractivity contribution in [2.45, 2.75) is 78.2 Å². The highest BCUT2D eigenvalue weighted by molar-refractivity contribution is 6.12. The third-order valence-electron chi connectivity index (χ3n) is 10.0. The molecule has 0 bridgehead atoms. The molecule has 1 aliphatic carbocycles. The van der Waals surface area contributed by atoms with Gasteiger partial charge in [-0.2, -0.15) is 0 Å². The standard InChI is InChI=1S/C32H37N3/c1-8-11-25(33)27-16-22-20-13-10-9-12-19(20)14-15-21(22)29-34-26-17-23-24(18-28(26)35(27)29)31(4,5)32(6,7)30(23,2)3/h9-10,12-18,25H,8,11,33H2,1-7H3. The van der Waals surface area contributed by atoms with Crippen LogP contribution in [0.2, 0.25) is 0 Å². The van der Waals surface area contributed by atoms with E-state index in [0.717, 1.165) is 29.7 Å². The molecule has 0 saturated carbocycles. The van der Waals surface area contributed by atoms with Crippen molar-refractivity contribution in [3.05, 3.63) is 71.4 Å². The van der Waals surface area contributed by atoms with Crippen LogP contribution < -0.4 is 5.73 Å². The molecule has 35 heavy (non-hydrogen) atoms. The van der Waals surface area contributed by atoms with E-state index >= 15 is 0 Å². The van der Waals surface area contributed by atoms with Gasteiger partial charge in [0, 0.05) is 17.1 Å². The maximum absolute atomic E-state index is 6.86. The lowest BCUT2D eigenvalue weighted by atomic mass is 9.59. The first-order valence-corrected chi connectivity index (χ1v) is 13.1. The third-order valence-corrected chi connectivity index (χ3v) is 10.0. The van der Waals surface area contributed by atoms with Crippen molar-refractivity contribution in [2.24, 2.45) is 11.1 Å². The molecule has 6 rings (SSSR count). The zero-order valence-electron chi connectivity index (χ0n) is 22.2. The molecule has 0 saturated heterocycles. The van der Waals surface area contributed by atoms with Gasteiger partial charge in [-0.05, 0) is 74.2 Å². The molecular weight excluding hydrogens is 426 g/mol. The molecule has 3 heteroatoms. The van der Waals surface area contributed by atoms with E-state index in [-0.39, 0.29) is 22.3 Å². The first kappa shape index (κ1) is 22.5. The minimum absolute atomic E-state index is 0.0441. The molecule has 2 N–H and O–H groups in total. The smallest absolute Gasteiger partial charge is 0.146 e. The Morgan fingerprint density at radius 3 is 2.23 bits per heavy atom. The number of nitrogens with zero attached hydrogens (tertiary/aromatic N) is 2. The lowest BCUT2D eigenvalue weighted by Crippen LogP contribution is -2.42. The van der Waals surface area contributed by atoms with Gasteiger partial charge in [0.1, 0.15) is 5.65 Å². The summed E-state index contributed by atoms with van der Waals surface area (Å²) in [6.45, 7) is 16.6. The number of imidazole rings is 1. The molecule has 2 heterocycles. The van der Waals surface area contributed by atoms with Gasteiger partial charge in [0.2, 0.25) is 0 Å². The number of hydrogen-bond donors (Lipinski definition) is 1. The minimum atomic E-state index is -0.0441. The van der Waals surface area contributed by atoms with E-state index in [2.05, 4.69) is 107 Å². The van der Waals surface area contributed by atoms with Crippen LogP contribution in [0.15, 0.2) is 54.6 Å². The van der Waals surface area contributed by atoms with Crippen LogP contribution in [-0.4, -0.2) is 9.38 Å². The largest absolute Gasteiger partial charge is 0.323 e. The Bertz CT molecular complexity index is 1650. The Morgan fingerprint density at radius 2 is 1.51 bits per heavy atom. The van der Waals surface area contributed by atoms with E-state index in [1.807, 2.05) is 0 Å². The summed E-state index contributed by atoms with van der Waals surface area (Å²) in [6.07, 6.45) is 2.00. The van der Waals surface area contributed by atoms with Crippen LogP contribution in [0, 0.1) is 5.41 Å². The molecule has 0 radical (unpaired) electrons. The summed E-state index contributed by atoms with van der Waals surface area (Å²) in [6, 6.07) is 20.2. The highest BCUT2D eigenvalue weighted by Crippen LogP contribution is 2.62. The van der Waals surface area contributed by atoms with E-state index in [0.29, 0.717) is 0 Å². The zero-order chi connectivity index (χ0) is 24.9. The van der Waals surface area contributed by atoms with Gasteiger partial charge in [0.25, 0.3) is 0 Å². The van der Waals surface area contributed by atoms with Crippen molar-refractivity contribution >= 4 is 38.2 Å². The number of hydrogen-bond acceptors (Lipinski definition) is 2. The minimum Gasteiger partial charge on any atom is -0.323 e. The highest BCUT2D eigenvalue weighted by Gasteiger charge is 2.57. The van der Waals surface area contributed by atoms with Crippen LogP contribution >= 0.6 is 0 Å². The van der Waals surface area contributed by atoms with Crippen LogP contribution in [-0.2, 0) is 10.8 Å². The van der Waals surface area contributed by atoms with Crippen LogP contribution in [0.25, 0.3) is 38.2 Å². The SMILES string of the molecule is CCCC(N)c1cc2c3ccccc3ccc2c2nc3cc4c(cc3n12)C(C)(C)C(C)(C)C4(C)C. The van der Waals surface area contributed by atoms with Crippen molar-refractivity contribution in [3.63, 3.8) is 0 Å². The molecule has 1 aliphatic rings. The quantitative estimate of drug-likeness (QED) is 0.274. The molecule has 5 aromatic rings. The Labute approximate surface area is 208 Å². The average Bonchev–Trinajstić information content (AvgIpc) is 3.24.